The molecule has 0 bridgehead atoms. The van der Waals surface area contributed by atoms with Crippen molar-refractivity contribution in [2.45, 2.75) is 0 Å². The molecule has 0 aliphatic rings. The fraction of sp³-hybridized carbons (Fsp3) is 0. The maximum absolute atomic E-state index is 9.83. The summed E-state index contributed by atoms with van der Waals surface area (Å²) in [6.07, 6.45) is 0. The molecule has 10 aromatic carbocycles. The summed E-state index contributed by atoms with van der Waals surface area (Å²) in [5, 5.41) is 2.35. The number of hydrogen-bond donors (Lipinski definition) is 0. The van der Waals surface area contributed by atoms with E-state index in [1.807, 2.05) is 78.9 Å². The average Bonchev–Trinajstić information content (AvgIpc) is 3.40. The van der Waals surface area contributed by atoms with Gasteiger partial charge in [-0.15, -0.1) is 0 Å². The Hall–Kier alpha value is -7.22. The molecule has 0 heterocycles. The second-order valence-corrected chi connectivity index (χ2v) is 12.7. The molecule has 1 heteroatoms. The summed E-state index contributed by atoms with van der Waals surface area (Å²) in [5.74, 6) is 0. The molecular formula is C54H37N. The van der Waals surface area contributed by atoms with E-state index in [0.29, 0.717) is 16.8 Å². The summed E-state index contributed by atoms with van der Waals surface area (Å²) >= 11 is 0. The lowest BCUT2D eigenvalue weighted by atomic mass is 9.88. The lowest BCUT2D eigenvalue weighted by molar-refractivity contribution is 1.30. The van der Waals surface area contributed by atoms with Crippen molar-refractivity contribution in [2.24, 2.45) is 0 Å². The van der Waals surface area contributed by atoms with Crippen LogP contribution in [-0.4, -0.2) is 0 Å². The third-order valence-electron chi connectivity index (χ3n) is 9.43. The highest BCUT2D eigenvalue weighted by Crippen LogP contribution is 2.43. The molecule has 10 rings (SSSR count). The fourth-order valence-electron chi connectivity index (χ4n) is 6.82. The zero-order valence-electron chi connectivity index (χ0n) is 47.8. The van der Waals surface area contributed by atoms with E-state index in [1.54, 1.807) is 29.2 Å². The van der Waals surface area contributed by atoms with Gasteiger partial charge in [0.15, 0.2) is 0 Å². The van der Waals surface area contributed by atoms with Crippen LogP contribution >= 0.6 is 0 Å². The second kappa shape index (κ2) is 14.0. The van der Waals surface area contributed by atoms with Crippen LogP contribution < -0.4 is 4.90 Å². The first-order valence-electron chi connectivity index (χ1n) is 26.9. The van der Waals surface area contributed by atoms with Crippen molar-refractivity contribution in [1.29, 1.82) is 0 Å². The van der Waals surface area contributed by atoms with E-state index in [2.05, 4.69) is 6.07 Å². The fourth-order valence-corrected chi connectivity index (χ4v) is 6.82. The zero-order valence-corrected chi connectivity index (χ0v) is 28.8. The first kappa shape index (κ1) is 18.2. The summed E-state index contributed by atoms with van der Waals surface area (Å²) in [5.41, 5.74) is -1.87. The zero-order chi connectivity index (χ0) is 53.1. The van der Waals surface area contributed by atoms with E-state index in [1.165, 1.54) is 0 Å². The number of nitrogens with zero attached hydrogens (tertiary/aromatic N) is 1. The molecular weight excluding hydrogens is 663 g/mol. The molecule has 1 nitrogen and oxygen atoms in total. The molecule has 0 N–H and O–H groups in total. The Bertz CT molecular complexity index is 4020. The lowest BCUT2D eigenvalue weighted by Crippen LogP contribution is -2.10. The lowest BCUT2D eigenvalue weighted by Gasteiger charge is -2.27. The van der Waals surface area contributed by atoms with E-state index < -0.39 is 159 Å². The van der Waals surface area contributed by atoms with Crippen LogP contribution in [0.2, 0.25) is 0 Å². The normalized spacial score (nSPS) is 16.1. The summed E-state index contributed by atoms with van der Waals surface area (Å²) in [6, 6.07) is 18.0. The highest BCUT2D eigenvalue weighted by molar-refractivity contribution is 6.05. The minimum absolute atomic E-state index is 0.252. The smallest absolute Gasteiger partial charge is 0.0645 e. The minimum Gasteiger partial charge on any atom is -0.310 e. The molecule has 0 saturated heterocycles. The SMILES string of the molecule is [2H]c1c([2H])c([2H])c(-c2c([2H])c([2H])c([2H])c(-c3c(-c4c([2H])c([2H])c(N(c5ccc(-c6ccc7ccccc7c6)cc5)c5cccc6ccccc56)c([2H])c4[2H])c([2H])c([2H])c4c([2H])c([2H])c([2H])c([2H])c34)c2[2H])c([2H])c1[2H]. The highest BCUT2D eigenvalue weighted by Gasteiger charge is 2.18. The quantitative estimate of drug-likeness (QED) is 0.159. The molecule has 10 aromatic rings. The molecule has 0 atom stereocenters. The number of anilines is 3. The molecule has 0 fully saturated rings. The van der Waals surface area contributed by atoms with Crippen LogP contribution in [0.1, 0.15) is 26.0 Å². The number of fused-ring (bicyclic) bond motifs is 3. The van der Waals surface area contributed by atoms with Gasteiger partial charge in [-0.2, -0.15) is 0 Å². The van der Waals surface area contributed by atoms with Crippen molar-refractivity contribution in [2.75, 3.05) is 4.90 Å². The Kier molecular flexibility index (Phi) is 4.62. The van der Waals surface area contributed by atoms with Gasteiger partial charge in [0.25, 0.3) is 0 Å². The van der Waals surface area contributed by atoms with Gasteiger partial charge in [0.05, 0.1) is 31.7 Å². The second-order valence-electron chi connectivity index (χ2n) is 12.7. The minimum atomic E-state index is -0.966. The van der Waals surface area contributed by atoms with E-state index in [9.17, 15) is 12.3 Å². The third kappa shape index (κ3) is 6.12. The first-order chi connectivity index (χ1) is 35.2. The highest BCUT2D eigenvalue weighted by atomic mass is 15.1. The van der Waals surface area contributed by atoms with E-state index in [-0.39, 0.29) is 5.69 Å². The standard InChI is InChI=1S/C54H37N/c1-2-12-38(13-3-1)45-19-10-20-47(37-45)54-51-22-9-7-16-42(51)30-35-52(54)43-28-33-49(34-29-43)55(53-23-11-18-41-15-6-8-21-50(41)53)48-31-26-40(27-32-48)46-25-24-39-14-4-5-17-44(39)36-46/h1-37H/i1D,2D,3D,7D,9D,10D,12D,13D,16D,19D,20D,22D,28D,29D,30D,33D,34D,35D,37D. The Morgan fingerprint density at radius 2 is 1.04 bits per heavy atom. The molecule has 0 unspecified atom stereocenters. The summed E-state index contributed by atoms with van der Waals surface area (Å²) in [6.45, 7) is 0. The van der Waals surface area contributed by atoms with E-state index >= 15 is 0 Å². The summed E-state index contributed by atoms with van der Waals surface area (Å²) in [7, 11) is 0. The van der Waals surface area contributed by atoms with Gasteiger partial charge in [-0.05, 0) is 114 Å². The molecule has 0 aromatic heterocycles. The van der Waals surface area contributed by atoms with Gasteiger partial charge < -0.3 is 4.90 Å². The summed E-state index contributed by atoms with van der Waals surface area (Å²) in [4.78, 5) is 1.57. The number of benzene rings is 10. The Labute approximate surface area is 348 Å². The molecule has 0 saturated carbocycles. The van der Waals surface area contributed by atoms with Crippen molar-refractivity contribution in [3.05, 3.63) is 224 Å². The Morgan fingerprint density at radius 1 is 0.345 bits per heavy atom. The average molecular weight is 719 g/mol. The predicted molar refractivity (Wildman–Crippen MR) is 235 cm³/mol. The molecule has 0 spiro atoms. The molecule has 55 heavy (non-hydrogen) atoms. The van der Waals surface area contributed by atoms with Crippen molar-refractivity contribution in [1.82, 2.24) is 0 Å². The Morgan fingerprint density at radius 3 is 1.89 bits per heavy atom. The first-order valence-corrected chi connectivity index (χ1v) is 17.4. The number of hydrogen-bond acceptors (Lipinski definition) is 1. The van der Waals surface area contributed by atoms with Crippen LogP contribution in [0.3, 0.4) is 0 Å². The Balaban J connectivity index is 1.30. The van der Waals surface area contributed by atoms with E-state index in [4.69, 9.17) is 13.7 Å². The van der Waals surface area contributed by atoms with Crippen LogP contribution in [0.4, 0.5) is 17.1 Å². The van der Waals surface area contributed by atoms with Crippen molar-refractivity contribution < 1.29 is 26.0 Å². The van der Waals surface area contributed by atoms with Crippen molar-refractivity contribution in [3.8, 4) is 44.5 Å². The van der Waals surface area contributed by atoms with Crippen molar-refractivity contribution >= 4 is 49.4 Å². The van der Waals surface area contributed by atoms with Crippen molar-refractivity contribution in [3.63, 3.8) is 0 Å². The topological polar surface area (TPSA) is 3.24 Å². The monoisotopic (exact) mass is 718 g/mol. The maximum atomic E-state index is 9.83. The van der Waals surface area contributed by atoms with Crippen LogP contribution in [0.15, 0.2) is 224 Å². The van der Waals surface area contributed by atoms with Gasteiger partial charge in [0.2, 0.25) is 0 Å². The van der Waals surface area contributed by atoms with Gasteiger partial charge >= 0.3 is 0 Å². The predicted octanol–water partition coefficient (Wildman–Crippen LogP) is 15.3. The molecule has 0 amide bonds. The van der Waals surface area contributed by atoms with Gasteiger partial charge in [0, 0.05) is 16.8 Å². The molecule has 0 aliphatic heterocycles. The largest absolute Gasteiger partial charge is 0.310 e. The van der Waals surface area contributed by atoms with Crippen LogP contribution in [0.25, 0.3) is 76.8 Å². The summed E-state index contributed by atoms with van der Waals surface area (Å²) < 4.78 is 173. The van der Waals surface area contributed by atoms with E-state index in [0.717, 1.165) is 27.3 Å². The third-order valence-corrected chi connectivity index (χ3v) is 9.43. The van der Waals surface area contributed by atoms with Gasteiger partial charge in [0.1, 0.15) is 0 Å². The van der Waals surface area contributed by atoms with Gasteiger partial charge in [-0.1, -0.05) is 182 Å². The molecule has 0 radical (unpaired) electrons. The van der Waals surface area contributed by atoms with Gasteiger partial charge in [-0.25, -0.2) is 0 Å². The van der Waals surface area contributed by atoms with Gasteiger partial charge in [-0.3, -0.25) is 0 Å². The molecule has 0 aliphatic carbocycles. The maximum Gasteiger partial charge on any atom is 0.0645 e. The number of rotatable bonds is 7. The van der Waals surface area contributed by atoms with Crippen LogP contribution in [0.5, 0.6) is 0 Å². The molecule has 258 valence electrons. The van der Waals surface area contributed by atoms with Crippen LogP contribution in [0, 0.1) is 0 Å². The van der Waals surface area contributed by atoms with Crippen LogP contribution in [-0.2, 0) is 0 Å².